The van der Waals surface area contributed by atoms with Crippen molar-refractivity contribution in [1.82, 2.24) is 5.32 Å². The molecule has 0 spiro atoms. The second-order valence-electron chi connectivity index (χ2n) is 5.10. The first kappa shape index (κ1) is 15.7. The second-order valence-corrected chi connectivity index (χ2v) is 6.02. The number of hydrogen-bond donors (Lipinski definition) is 2. The molecule has 0 fully saturated rings. The van der Waals surface area contributed by atoms with E-state index in [1.54, 1.807) is 6.92 Å². The number of carbonyl (C=O) groups excluding carboxylic acids is 1. The number of carboxylic acids is 1. The zero-order valence-corrected chi connectivity index (χ0v) is 12.8. The SMILES string of the molecule is CC(CC(=O)O)NC(=O)C(C)(C)c1ccc(Br)cc1. The van der Waals surface area contributed by atoms with Gasteiger partial charge in [-0.2, -0.15) is 0 Å². The molecular weight excluding hydrogens is 310 g/mol. The molecule has 0 saturated heterocycles. The molecule has 0 aliphatic heterocycles. The smallest absolute Gasteiger partial charge is 0.305 e. The average Bonchev–Trinajstić information content (AvgIpc) is 2.28. The summed E-state index contributed by atoms with van der Waals surface area (Å²) in [5.74, 6) is -1.10. The number of rotatable bonds is 5. The molecule has 0 aliphatic rings. The summed E-state index contributed by atoms with van der Waals surface area (Å²) in [6, 6.07) is 7.13. The third-order valence-electron chi connectivity index (χ3n) is 2.99. The van der Waals surface area contributed by atoms with E-state index in [0.29, 0.717) is 0 Å². The number of carbonyl (C=O) groups is 2. The maximum Gasteiger partial charge on any atom is 0.305 e. The first-order valence-electron chi connectivity index (χ1n) is 6.02. The van der Waals surface area contributed by atoms with Crippen LogP contribution in [0.2, 0.25) is 0 Å². The van der Waals surface area contributed by atoms with Crippen molar-refractivity contribution in [3.8, 4) is 0 Å². The van der Waals surface area contributed by atoms with Gasteiger partial charge < -0.3 is 10.4 Å². The van der Waals surface area contributed by atoms with Crippen molar-refractivity contribution < 1.29 is 14.7 Å². The van der Waals surface area contributed by atoms with Gasteiger partial charge in [-0.15, -0.1) is 0 Å². The molecule has 1 rings (SSSR count). The molecule has 1 unspecified atom stereocenters. The molecule has 0 aliphatic carbocycles. The summed E-state index contributed by atoms with van der Waals surface area (Å²) in [6.45, 7) is 5.32. The van der Waals surface area contributed by atoms with Gasteiger partial charge in [0.1, 0.15) is 0 Å². The lowest BCUT2D eigenvalue weighted by Crippen LogP contribution is -2.44. The Bertz CT molecular complexity index is 468. The Morgan fingerprint density at radius 2 is 1.84 bits per heavy atom. The van der Waals surface area contributed by atoms with Gasteiger partial charge >= 0.3 is 5.97 Å². The van der Waals surface area contributed by atoms with Crippen LogP contribution >= 0.6 is 15.9 Å². The van der Waals surface area contributed by atoms with E-state index in [1.165, 1.54) is 0 Å². The van der Waals surface area contributed by atoms with Gasteiger partial charge in [-0.1, -0.05) is 28.1 Å². The van der Waals surface area contributed by atoms with Crippen LogP contribution in [0.3, 0.4) is 0 Å². The van der Waals surface area contributed by atoms with Crippen LogP contribution < -0.4 is 5.32 Å². The van der Waals surface area contributed by atoms with Gasteiger partial charge in [-0.05, 0) is 38.5 Å². The summed E-state index contributed by atoms with van der Waals surface area (Å²) in [6.07, 6.45) is -0.0812. The Kier molecular flexibility index (Phi) is 5.11. The summed E-state index contributed by atoms with van der Waals surface area (Å²) in [5, 5.41) is 11.4. The fourth-order valence-electron chi connectivity index (χ4n) is 1.71. The van der Waals surface area contributed by atoms with E-state index in [4.69, 9.17) is 5.11 Å². The Morgan fingerprint density at radius 1 is 1.32 bits per heavy atom. The average molecular weight is 328 g/mol. The Morgan fingerprint density at radius 3 is 2.32 bits per heavy atom. The molecule has 1 amide bonds. The van der Waals surface area contributed by atoms with Gasteiger partial charge in [0, 0.05) is 10.5 Å². The summed E-state index contributed by atoms with van der Waals surface area (Å²) in [4.78, 5) is 22.8. The van der Waals surface area contributed by atoms with E-state index in [0.717, 1.165) is 10.0 Å². The molecule has 0 aromatic heterocycles. The van der Waals surface area contributed by atoms with Crippen molar-refractivity contribution in [3.05, 3.63) is 34.3 Å². The van der Waals surface area contributed by atoms with Crippen LogP contribution in [0, 0.1) is 0 Å². The van der Waals surface area contributed by atoms with Gasteiger partial charge in [0.05, 0.1) is 11.8 Å². The number of amides is 1. The lowest BCUT2D eigenvalue weighted by molar-refractivity contribution is -0.137. The highest BCUT2D eigenvalue weighted by atomic mass is 79.9. The number of benzene rings is 1. The lowest BCUT2D eigenvalue weighted by atomic mass is 9.83. The molecule has 0 radical (unpaired) electrons. The van der Waals surface area contributed by atoms with Crippen LogP contribution in [0.5, 0.6) is 0 Å². The monoisotopic (exact) mass is 327 g/mol. The standard InChI is InChI=1S/C14H18BrNO3/c1-9(8-12(17)18)16-13(19)14(2,3)10-4-6-11(15)7-5-10/h4-7,9H,8H2,1-3H3,(H,16,19)(H,17,18). The first-order chi connectivity index (χ1) is 8.73. The highest BCUT2D eigenvalue weighted by molar-refractivity contribution is 9.10. The number of halogens is 1. The van der Waals surface area contributed by atoms with E-state index in [-0.39, 0.29) is 18.4 Å². The molecule has 19 heavy (non-hydrogen) atoms. The number of carboxylic acid groups (broad SMARTS) is 1. The Balaban J connectivity index is 2.79. The van der Waals surface area contributed by atoms with Crippen molar-refractivity contribution in [2.45, 2.75) is 38.6 Å². The van der Waals surface area contributed by atoms with Crippen LogP contribution in [0.4, 0.5) is 0 Å². The third-order valence-corrected chi connectivity index (χ3v) is 3.52. The van der Waals surface area contributed by atoms with E-state index in [2.05, 4.69) is 21.2 Å². The molecular formula is C14H18BrNO3. The molecule has 1 aromatic carbocycles. The van der Waals surface area contributed by atoms with Crippen LogP contribution in [0.1, 0.15) is 32.8 Å². The van der Waals surface area contributed by atoms with Crippen molar-refractivity contribution in [2.24, 2.45) is 0 Å². The van der Waals surface area contributed by atoms with E-state index < -0.39 is 11.4 Å². The van der Waals surface area contributed by atoms with Crippen LogP contribution in [0.25, 0.3) is 0 Å². The van der Waals surface area contributed by atoms with Crippen molar-refractivity contribution in [3.63, 3.8) is 0 Å². The fraction of sp³-hybridized carbons (Fsp3) is 0.429. The lowest BCUT2D eigenvalue weighted by Gasteiger charge is -2.26. The van der Waals surface area contributed by atoms with E-state index in [1.807, 2.05) is 38.1 Å². The molecule has 5 heteroatoms. The van der Waals surface area contributed by atoms with Crippen LogP contribution in [-0.2, 0) is 15.0 Å². The van der Waals surface area contributed by atoms with Crippen molar-refractivity contribution >= 4 is 27.8 Å². The second kappa shape index (κ2) is 6.19. The van der Waals surface area contributed by atoms with Crippen LogP contribution in [0.15, 0.2) is 28.7 Å². The minimum absolute atomic E-state index is 0.0812. The highest BCUT2D eigenvalue weighted by Crippen LogP contribution is 2.25. The maximum absolute atomic E-state index is 12.2. The first-order valence-corrected chi connectivity index (χ1v) is 6.81. The molecule has 104 valence electrons. The minimum Gasteiger partial charge on any atom is -0.481 e. The maximum atomic E-state index is 12.2. The van der Waals surface area contributed by atoms with E-state index in [9.17, 15) is 9.59 Å². The quantitative estimate of drug-likeness (QED) is 0.873. The number of hydrogen-bond acceptors (Lipinski definition) is 2. The zero-order valence-electron chi connectivity index (χ0n) is 11.2. The van der Waals surface area contributed by atoms with Gasteiger partial charge in [0.25, 0.3) is 0 Å². The zero-order chi connectivity index (χ0) is 14.6. The number of nitrogens with one attached hydrogen (secondary N) is 1. The summed E-state index contributed by atoms with van der Waals surface area (Å²) in [5.41, 5.74) is 0.184. The normalized spacial score (nSPS) is 12.8. The number of aliphatic carboxylic acids is 1. The Labute approximate surface area is 121 Å². The molecule has 0 heterocycles. The largest absolute Gasteiger partial charge is 0.481 e. The molecule has 1 atom stereocenters. The van der Waals surface area contributed by atoms with E-state index >= 15 is 0 Å². The molecule has 0 saturated carbocycles. The highest BCUT2D eigenvalue weighted by Gasteiger charge is 2.30. The van der Waals surface area contributed by atoms with Gasteiger partial charge in [0.15, 0.2) is 0 Å². The van der Waals surface area contributed by atoms with Gasteiger partial charge in [0.2, 0.25) is 5.91 Å². The molecule has 1 aromatic rings. The van der Waals surface area contributed by atoms with Gasteiger partial charge in [-0.3, -0.25) is 9.59 Å². The van der Waals surface area contributed by atoms with Crippen molar-refractivity contribution in [1.29, 1.82) is 0 Å². The summed E-state index contributed by atoms with van der Waals surface area (Å²) >= 11 is 3.35. The predicted octanol–water partition coefficient (Wildman–Crippen LogP) is 2.71. The third kappa shape index (κ3) is 4.35. The topological polar surface area (TPSA) is 66.4 Å². The molecule has 2 N–H and O–H groups in total. The minimum atomic E-state index is -0.922. The fourth-order valence-corrected chi connectivity index (χ4v) is 1.98. The predicted molar refractivity (Wildman–Crippen MR) is 77.0 cm³/mol. The molecule has 4 nitrogen and oxygen atoms in total. The summed E-state index contributed by atoms with van der Waals surface area (Å²) < 4.78 is 0.951. The summed E-state index contributed by atoms with van der Waals surface area (Å²) in [7, 11) is 0. The van der Waals surface area contributed by atoms with Gasteiger partial charge in [-0.25, -0.2) is 0 Å². The van der Waals surface area contributed by atoms with Crippen molar-refractivity contribution in [2.75, 3.05) is 0 Å². The Hall–Kier alpha value is -1.36. The molecule has 0 bridgehead atoms. The van der Waals surface area contributed by atoms with Crippen LogP contribution in [-0.4, -0.2) is 23.0 Å².